The van der Waals surface area contributed by atoms with Gasteiger partial charge in [-0.3, -0.25) is 0 Å². The predicted octanol–water partition coefficient (Wildman–Crippen LogP) is 3.12. The summed E-state index contributed by atoms with van der Waals surface area (Å²) in [6.07, 6.45) is 4.84. The van der Waals surface area contributed by atoms with E-state index >= 15 is 0 Å². The van der Waals surface area contributed by atoms with Crippen molar-refractivity contribution in [3.05, 3.63) is 20.8 Å². The number of rotatable bonds is 6. The Balaban J connectivity index is 2.48. The third-order valence-electron chi connectivity index (χ3n) is 1.89. The van der Waals surface area contributed by atoms with E-state index in [1.54, 1.807) is 10.9 Å². The van der Waals surface area contributed by atoms with Gasteiger partial charge in [0.1, 0.15) is 4.47 Å². The number of nitrogens with zero attached hydrogens (tertiary/aromatic N) is 3. The number of halogens is 2. The number of nitro groups is 1. The standard InChI is InChI=1S/C8H11Br2N3O2/c9-4-2-1-3-5-12-6-7(10)8(11-12)13(14)15/h6H,1-5H2. The third kappa shape index (κ3) is 3.90. The van der Waals surface area contributed by atoms with Crippen LogP contribution >= 0.6 is 31.9 Å². The topological polar surface area (TPSA) is 61.0 Å². The maximum absolute atomic E-state index is 10.5. The zero-order valence-electron chi connectivity index (χ0n) is 8.03. The summed E-state index contributed by atoms with van der Waals surface area (Å²) in [4.78, 5) is 10.0. The Kier molecular flexibility index (Phi) is 5.24. The summed E-state index contributed by atoms with van der Waals surface area (Å²) in [5, 5.41) is 15.4. The van der Waals surface area contributed by atoms with Gasteiger partial charge in [-0.1, -0.05) is 22.4 Å². The van der Waals surface area contributed by atoms with E-state index in [4.69, 9.17) is 0 Å². The molecule has 7 heteroatoms. The molecule has 84 valence electrons. The molecule has 1 aromatic rings. The van der Waals surface area contributed by atoms with Crippen LogP contribution in [-0.4, -0.2) is 20.0 Å². The highest BCUT2D eigenvalue weighted by molar-refractivity contribution is 9.10. The number of hydrogen-bond donors (Lipinski definition) is 0. The first-order valence-electron chi connectivity index (χ1n) is 4.58. The Bertz CT molecular complexity index is 341. The second kappa shape index (κ2) is 6.22. The zero-order valence-corrected chi connectivity index (χ0v) is 11.2. The highest BCUT2D eigenvalue weighted by atomic mass is 79.9. The van der Waals surface area contributed by atoms with E-state index in [0.29, 0.717) is 4.47 Å². The van der Waals surface area contributed by atoms with Gasteiger partial charge in [-0.25, -0.2) is 0 Å². The smallest absolute Gasteiger partial charge is 0.358 e. The van der Waals surface area contributed by atoms with Crippen molar-refractivity contribution in [3.8, 4) is 0 Å². The van der Waals surface area contributed by atoms with Gasteiger partial charge in [0.2, 0.25) is 0 Å². The van der Waals surface area contributed by atoms with E-state index < -0.39 is 4.92 Å². The third-order valence-corrected chi connectivity index (χ3v) is 3.01. The molecule has 0 fully saturated rings. The average molecular weight is 341 g/mol. The van der Waals surface area contributed by atoms with Crippen LogP contribution in [0.1, 0.15) is 19.3 Å². The lowest BCUT2D eigenvalue weighted by Crippen LogP contribution is -1.99. The minimum atomic E-state index is -0.487. The maximum atomic E-state index is 10.5. The molecule has 0 radical (unpaired) electrons. The molecule has 15 heavy (non-hydrogen) atoms. The molecule has 0 aromatic carbocycles. The van der Waals surface area contributed by atoms with E-state index in [1.807, 2.05) is 0 Å². The summed E-state index contributed by atoms with van der Waals surface area (Å²) in [6.45, 7) is 0.722. The van der Waals surface area contributed by atoms with Crippen molar-refractivity contribution in [2.45, 2.75) is 25.8 Å². The second-order valence-electron chi connectivity index (χ2n) is 3.07. The molecular formula is C8H11Br2N3O2. The summed E-state index contributed by atoms with van der Waals surface area (Å²) in [5.74, 6) is -0.115. The fraction of sp³-hybridized carbons (Fsp3) is 0.625. The van der Waals surface area contributed by atoms with Gasteiger partial charge in [0.05, 0.1) is 17.8 Å². The lowest BCUT2D eigenvalue weighted by Gasteiger charge is -1.95. The molecular weight excluding hydrogens is 330 g/mol. The molecule has 0 aliphatic rings. The maximum Gasteiger partial charge on any atom is 0.404 e. The molecule has 0 aliphatic heterocycles. The largest absolute Gasteiger partial charge is 0.404 e. The van der Waals surface area contributed by atoms with Gasteiger partial charge in [-0.2, -0.15) is 4.68 Å². The number of unbranched alkanes of at least 4 members (excludes halogenated alkanes) is 2. The Hall–Kier alpha value is -0.430. The minimum absolute atomic E-state index is 0.115. The van der Waals surface area contributed by atoms with Gasteiger partial charge < -0.3 is 10.1 Å². The monoisotopic (exact) mass is 339 g/mol. The fourth-order valence-electron chi connectivity index (χ4n) is 1.17. The lowest BCUT2D eigenvalue weighted by molar-refractivity contribution is -0.390. The Morgan fingerprint density at radius 2 is 2.20 bits per heavy atom. The molecule has 0 aliphatic carbocycles. The van der Waals surface area contributed by atoms with Gasteiger partial charge in [0.25, 0.3) is 0 Å². The Labute approximate surface area is 104 Å². The predicted molar refractivity (Wildman–Crippen MR) is 64.2 cm³/mol. The summed E-state index contributed by atoms with van der Waals surface area (Å²) in [5.41, 5.74) is 0. The molecule has 0 atom stereocenters. The van der Waals surface area contributed by atoms with Gasteiger partial charge in [0, 0.05) is 5.33 Å². The Morgan fingerprint density at radius 1 is 1.47 bits per heavy atom. The number of aryl methyl sites for hydroxylation is 1. The van der Waals surface area contributed by atoms with E-state index in [2.05, 4.69) is 37.0 Å². The molecule has 0 bridgehead atoms. The molecule has 0 amide bonds. The van der Waals surface area contributed by atoms with Crippen molar-refractivity contribution in [2.75, 3.05) is 5.33 Å². The van der Waals surface area contributed by atoms with Crippen LogP contribution in [0.2, 0.25) is 0 Å². The normalized spacial score (nSPS) is 10.5. The highest BCUT2D eigenvalue weighted by Crippen LogP contribution is 2.22. The first-order valence-corrected chi connectivity index (χ1v) is 6.50. The van der Waals surface area contributed by atoms with Crippen molar-refractivity contribution in [3.63, 3.8) is 0 Å². The van der Waals surface area contributed by atoms with Crippen molar-refractivity contribution in [1.29, 1.82) is 0 Å². The first kappa shape index (κ1) is 12.6. The Morgan fingerprint density at radius 3 is 2.73 bits per heavy atom. The molecule has 1 heterocycles. The summed E-state index contributed by atoms with van der Waals surface area (Å²) >= 11 is 6.46. The van der Waals surface area contributed by atoms with E-state index in [0.717, 1.165) is 31.1 Å². The van der Waals surface area contributed by atoms with Crippen LogP contribution in [0, 0.1) is 10.1 Å². The molecule has 1 aromatic heterocycles. The van der Waals surface area contributed by atoms with Crippen LogP contribution in [0.25, 0.3) is 0 Å². The number of aromatic nitrogens is 2. The van der Waals surface area contributed by atoms with E-state index in [-0.39, 0.29) is 5.82 Å². The SMILES string of the molecule is O=[N+]([O-])c1nn(CCCCCBr)cc1Br. The lowest BCUT2D eigenvalue weighted by atomic mass is 10.2. The van der Waals surface area contributed by atoms with Crippen molar-refractivity contribution in [2.24, 2.45) is 0 Å². The van der Waals surface area contributed by atoms with Crippen molar-refractivity contribution >= 4 is 37.7 Å². The average Bonchev–Trinajstić information content (AvgIpc) is 2.55. The second-order valence-corrected chi connectivity index (χ2v) is 4.72. The fourth-order valence-corrected chi connectivity index (χ4v) is 2.03. The van der Waals surface area contributed by atoms with Gasteiger partial charge in [0.15, 0.2) is 0 Å². The summed E-state index contributed by atoms with van der Waals surface area (Å²) < 4.78 is 2.05. The minimum Gasteiger partial charge on any atom is -0.358 e. The van der Waals surface area contributed by atoms with Crippen LogP contribution in [0.4, 0.5) is 5.82 Å². The number of hydrogen-bond acceptors (Lipinski definition) is 3. The molecule has 5 nitrogen and oxygen atoms in total. The first-order chi connectivity index (χ1) is 7.15. The van der Waals surface area contributed by atoms with E-state index in [9.17, 15) is 10.1 Å². The van der Waals surface area contributed by atoms with Crippen LogP contribution in [-0.2, 0) is 6.54 Å². The molecule has 0 unspecified atom stereocenters. The summed E-state index contributed by atoms with van der Waals surface area (Å²) in [7, 11) is 0. The molecule has 0 saturated carbocycles. The zero-order chi connectivity index (χ0) is 11.3. The molecule has 0 spiro atoms. The molecule has 0 N–H and O–H groups in total. The summed E-state index contributed by atoms with van der Waals surface area (Å²) in [6, 6.07) is 0. The van der Waals surface area contributed by atoms with Crippen molar-refractivity contribution < 1.29 is 4.92 Å². The van der Waals surface area contributed by atoms with Gasteiger partial charge in [-0.15, -0.1) is 0 Å². The van der Waals surface area contributed by atoms with Crippen LogP contribution in [0.5, 0.6) is 0 Å². The molecule has 0 saturated heterocycles. The van der Waals surface area contributed by atoms with Gasteiger partial charge in [-0.05, 0) is 33.7 Å². The number of alkyl halides is 1. The molecule has 1 rings (SSSR count). The van der Waals surface area contributed by atoms with Crippen LogP contribution in [0.15, 0.2) is 10.7 Å². The van der Waals surface area contributed by atoms with Gasteiger partial charge >= 0.3 is 5.82 Å². The van der Waals surface area contributed by atoms with Crippen LogP contribution in [0.3, 0.4) is 0 Å². The highest BCUT2D eigenvalue weighted by Gasteiger charge is 2.17. The van der Waals surface area contributed by atoms with Crippen LogP contribution < -0.4 is 0 Å². The quantitative estimate of drug-likeness (QED) is 0.346. The van der Waals surface area contributed by atoms with Crippen molar-refractivity contribution in [1.82, 2.24) is 9.78 Å². The van der Waals surface area contributed by atoms with E-state index in [1.165, 1.54) is 0 Å².